The Balaban J connectivity index is 1.90. The van der Waals surface area contributed by atoms with Crippen LogP contribution < -0.4 is 0 Å². The van der Waals surface area contributed by atoms with Gasteiger partial charge in [0.15, 0.2) is 0 Å². The van der Waals surface area contributed by atoms with Gasteiger partial charge >= 0.3 is 0 Å². The molecule has 2 aromatic rings. The van der Waals surface area contributed by atoms with Crippen molar-refractivity contribution in [1.82, 2.24) is 14.7 Å². The number of halogens is 2. The molecule has 1 aliphatic heterocycles. The highest BCUT2D eigenvalue weighted by Gasteiger charge is 2.32. The largest absolute Gasteiger partial charge is 0.330 e. The Morgan fingerprint density at radius 3 is 2.71 bits per heavy atom. The first-order valence-corrected chi connectivity index (χ1v) is 7.19. The average Bonchev–Trinajstić information content (AvgIpc) is 3.07. The number of carbonyl (C=O) groups is 1. The zero-order chi connectivity index (χ0) is 15.0. The molecule has 1 saturated heterocycles. The summed E-state index contributed by atoms with van der Waals surface area (Å²) >= 11 is 6.05. The van der Waals surface area contributed by atoms with Crippen molar-refractivity contribution < 1.29 is 9.18 Å². The molecule has 110 valence electrons. The minimum atomic E-state index is -0.274. The van der Waals surface area contributed by atoms with Gasteiger partial charge in [0.1, 0.15) is 11.5 Å². The lowest BCUT2D eigenvalue weighted by Crippen LogP contribution is -2.32. The van der Waals surface area contributed by atoms with Crippen molar-refractivity contribution in [3.8, 4) is 0 Å². The normalized spacial score (nSPS) is 18.2. The second kappa shape index (κ2) is 5.48. The summed E-state index contributed by atoms with van der Waals surface area (Å²) in [5, 5.41) is 4.36. The smallest absolute Gasteiger partial charge is 0.274 e. The van der Waals surface area contributed by atoms with Crippen molar-refractivity contribution >= 4 is 17.5 Å². The monoisotopic (exact) mass is 307 g/mol. The third-order valence-corrected chi connectivity index (χ3v) is 4.14. The maximum atomic E-state index is 13.0. The van der Waals surface area contributed by atoms with Gasteiger partial charge in [-0.2, -0.15) is 5.10 Å². The second-order valence-corrected chi connectivity index (χ2v) is 5.58. The van der Waals surface area contributed by atoms with Gasteiger partial charge in [-0.05, 0) is 30.5 Å². The Labute approximate surface area is 127 Å². The highest BCUT2D eigenvalue weighted by atomic mass is 35.5. The quantitative estimate of drug-likeness (QED) is 0.854. The Morgan fingerprint density at radius 1 is 1.38 bits per heavy atom. The molecule has 1 aliphatic rings. The molecule has 21 heavy (non-hydrogen) atoms. The van der Waals surface area contributed by atoms with Crippen LogP contribution in [0.4, 0.5) is 4.39 Å². The average molecular weight is 308 g/mol. The molecule has 4 nitrogen and oxygen atoms in total. The standard InChI is InChI=1S/C15H15ClFN3O/c1-19-14(12(16)9-18-19)15(21)20-8-2-3-13(20)10-4-6-11(17)7-5-10/h4-7,9,13H,2-3,8H2,1H3/t13-/m0/s1. The zero-order valence-electron chi connectivity index (χ0n) is 11.6. The third kappa shape index (κ3) is 2.53. The summed E-state index contributed by atoms with van der Waals surface area (Å²) in [5.74, 6) is -0.406. The van der Waals surface area contributed by atoms with E-state index in [1.807, 2.05) is 0 Å². The number of amides is 1. The number of hydrogen-bond acceptors (Lipinski definition) is 2. The van der Waals surface area contributed by atoms with Crippen molar-refractivity contribution in [1.29, 1.82) is 0 Å². The van der Waals surface area contributed by atoms with E-state index in [1.165, 1.54) is 23.0 Å². The van der Waals surface area contributed by atoms with Crippen LogP contribution in [-0.2, 0) is 7.05 Å². The summed E-state index contributed by atoms with van der Waals surface area (Å²) in [6, 6.07) is 6.28. The van der Waals surface area contributed by atoms with Gasteiger partial charge in [-0.15, -0.1) is 0 Å². The summed E-state index contributed by atoms with van der Waals surface area (Å²) in [6.07, 6.45) is 3.26. The Morgan fingerprint density at radius 2 is 2.10 bits per heavy atom. The number of likely N-dealkylation sites (tertiary alicyclic amines) is 1. The van der Waals surface area contributed by atoms with Crippen LogP contribution in [0.1, 0.15) is 34.9 Å². The Bertz CT molecular complexity index is 649. The molecular weight excluding hydrogens is 293 g/mol. The van der Waals surface area contributed by atoms with Crippen molar-refractivity contribution in [2.75, 3.05) is 6.54 Å². The van der Waals surface area contributed by atoms with Crippen LogP contribution in [0.3, 0.4) is 0 Å². The van der Waals surface area contributed by atoms with E-state index in [-0.39, 0.29) is 17.8 Å². The topological polar surface area (TPSA) is 38.1 Å². The van der Waals surface area contributed by atoms with Crippen LogP contribution >= 0.6 is 11.6 Å². The number of rotatable bonds is 2. The van der Waals surface area contributed by atoms with Crippen LogP contribution in [0, 0.1) is 5.82 Å². The molecule has 1 aromatic carbocycles. The molecule has 0 aliphatic carbocycles. The number of benzene rings is 1. The molecule has 0 saturated carbocycles. The van der Waals surface area contributed by atoms with Crippen molar-refractivity contribution in [2.24, 2.45) is 7.05 Å². The minimum absolute atomic E-state index is 0.0379. The lowest BCUT2D eigenvalue weighted by molar-refractivity contribution is 0.0724. The molecule has 0 bridgehead atoms. The van der Waals surface area contributed by atoms with E-state index in [0.717, 1.165) is 18.4 Å². The molecule has 1 aromatic heterocycles. The molecule has 1 amide bonds. The fraction of sp³-hybridized carbons (Fsp3) is 0.333. The second-order valence-electron chi connectivity index (χ2n) is 5.17. The molecule has 0 spiro atoms. The number of carbonyl (C=O) groups excluding carboxylic acids is 1. The Hall–Kier alpha value is -1.88. The van der Waals surface area contributed by atoms with Gasteiger partial charge in [0.05, 0.1) is 17.3 Å². The maximum absolute atomic E-state index is 13.0. The van der Waals surface area contributed by atoms with Crippen LogP contribution in [0.25, 0.3) is 0 Å². The van der Waals surface area contributed by atoms with Gasteiger partial charge in [-0.25, -0.2) is 4.39 Å². The number of aromatic nitrogens is 2. The van der Waals surface area contributed by atoms with Crippen LogP contribution in [0.15, 0.2) is 30.5 Å². The lowest BCUT2D eigenvalue weighted by Gasteiger charge is -2.25. The van der Waals surface area contributed by atoms with Gasteiger partial charge < -0.3 is 4.90 Å². The predicted molar refractivity (Wildman–Crippen MR) is 77.6 cm³/mol. The number of hydrogen-bond donors (Lipinski definition) is 0. The molecule has 6 heteroatoms. The highest BCUT2D eigenvalue weighted by molar-refractivity contribution is 6.33. The van der Waals surface area contributed by atoms with Gasteiger partial charge in [0.25, 0.3) is 5.91 Å². The highest BCUT2D eigenvalue weighted by Crippen LogP contribution is 2.34. The van der Waals surface area contributed by atoms with E-state index in [0.29, 0.717) is 17.3 Å². The molecule has 2 heterocycles. The van der Waals surface area contributed by atoms with Gasteiger partial charge in [-0.1, -0.05) is 23.7 Å². The Kier molecular flexibility index (Phi) is 3.68. The molecule has 1 atom stereocenters. The zero-order valence-corrected chi connectivity index (χ0v) is 12.3. The van der Waals surface area contributed by atoms with E-state index in [4.69, 9.17) is 11.6 Å². The summed E-state index contributed by atoms with van der Waals surface area (Å²) in [6.45, 7) is 0.669. The fourth-order valence-corrected chi connectivity index (χ4v) is 3.08. The maximum Gasteiger partial charge on any atom is 0.274 e. The van der Waals surface area contributed by atoms with E-state index in [2.05, 4.69) is 5.10 Å². The first-order valence-electron chi connectivity index (χ1n) is 6.82. The minimum Gasteiger partial charge on any atom is -0.330 e. The first kappa shape index (κ1) is 14.1. The van der Waals surface area contributed by atoms with E-state index < -0.39 is 0 Å². The van der Waals surface area contributed by atoms with Gasteiger partial charge in [-0.3, -0.25) is 9.48 Å². The van der Waals surface area contributed by atoms with Crippen molar-refractivity contribution in [3.05, 3.63) is 52.6 Å². The van der Waals surface area contributed by atoms with E-state index in [9.17, 15) is 9.18 Å². The molecule has 3 rings (SSSR count). The number of aryl methyl sites for hydroxylation is 1. The lowest BCUT2D eigenvalue weighted by atomic mass is 10.0. The van der Waals surface area contributed by atoms with Gasteiger partial charge in [0, 0.05) is 13.6 Å². The molecule has 0 N–H and O–H groups in total. The van der Waals surface area contributed by atoms with Gasteiger partial charge in [0.2, 0.25) is 0 Å². The summed E-state index contributed by atoms with van der Waals surface area (Å²) in [4.78, 5) is 14.5. The summed E-state index contributed by atoms with van der Waals surface area (Å²) in [7, 11) is 1.70. The van der Waals surface area contributed by atoms with Crippen molar-refractivity contribution in [2.45, 2.75) is 18.9 Å². The molecule has 0 radical (unpaired) electrons. The van der Waals surface area contributed by atoms with Crippen LogP contribution in [-0.4, -0.2) is 27.1 Å². The SMILES string of the molecule is Cn1ncc(Cl)c1C(=O)N1CCC[C@H]1c1ccc(F)cc1. The number of nitrogens with zero attached hydrogens (tertiary/aromatic N) is 3. The third-order valence-electron chi connectivity index (χ3n) is 3.87. The fourth-order valence-electron chi connectivity index (χ4n) is 2.83. The van der Waals surface area contributed by atoms with E-state index in [1.54, 1.807) is 24.1 Å². The molecular formula is C15H15ClFN3O. The summed E-state index contributed by atoms with van der Waals surface area (Å²) in [5.41, 5.74) is 1.34. The van der Waals surface area contributed by atoms with Crippen LogP contribution in [0.5, 0.6) is 0 Å². The van der Waals surface area contributed by atoms with Crippen molar-refractivity contribution in [3.63, 3.8) is 0 Å². The van der Waals surface area contributed by atoms with E-state index >= 15 is 0 Å². The first-order chi connectivity index (χ1) is 10.1. The predicted octanol–water partition coefficient (Wildman–Crippen LogP) is 3.19. The summed E-state index contributed by atoms with van der Waals surface area (Å²) < 4.78 is 14.5. The van der Waals surface area contributed by atoms with Crippen LogP contribution in [0.2, 0.25) is 5.02 Å². The molecule has 1 fully saturated rings. The molecule has 0 unspecified atom stereocenters.